The standard InChI is InChI=1S/C23H22N4O5/c1-14-20(15(2)32-26-14)13-31-19-8-6-17(7-9-19)22(29)25-18-5-3-4-16(10-18)12-27-21(28)11-24-23(27)30/h3-10H,11-13H2,1-2H3,(H,24,30)(H,25,29). The number of aryl methyl sites for hydroxylation is 2. The molecule has 2 aromatic carbocycles. The molecular weight excluding hydrogens is 412 g/mol. The number of nitrogens with one attached hydrogen (secondary N) is 2. The molecule has 1 saturated heterocycles. The summed E-state index contributed by atoms with van der Waals surface area (Å²) in [6.07, 6.45) is 0. The summed E-state index contributed by atoms with van der Waals surface area (Å²) in [5, 5.41) is 9.22. The van der Waals surface area contributed by atoms with E-state index in [4.69, 9.17) is 9.26 Å². The van der Waals surface area contributed by atoms with Gasteiger partial charge in [0.05, 0.1) is 24.3 Å². The number of imide groups is 1. The number of anilines is 1. The van der Waals surface area contributed by atoms with Gasteiger partial charge >= 0.3 is 6.03 Å². The molecule has 3 aromatic rings. The number of benzene rings is 2. The highest BCUT2D eigenvalue weighted by molar-refractivity contribution is 6.04. The van der Waals surface area contributed by atoms with Crippen LogP contribution in [0.1, 0.15) is 32.9 Å². The van der Waals surface area contributed by atoms with Crippen LogP contribution >= 0.6 is 0 Å². The molecular formula is C23H22N4O5. The molecule has 2 N–H and O–H groups in total. The molecule has 9 heteroatoms. The minimum atomic E-state index is -0.416. The van der Waals surface area contributed by atoms with E-state index in [1.165, 1.54) is 0 Å². The number of ether oxygens (including phenoxy) is 1. The van der Waals surface area contributed by atoms with Gasteiger partial charge in [0.15, 0.2) is 0 Å². The van der Waals surface area contributed by atoms with Gasteiger partial charge in [0, 0.05) is 11.3 Å². The summed E-state index contributed by atoms with van der Waals surface area (Å²) in [5.74, 6) is 0.781. The van der Waals surface area contributed by atoms with Gasteiger partial charge in [0.1, 0.15) is 18.1 Å². The van der Waals surface area contributed by atoms with Crippen molar-refractivity contribution in [3.05, 3.63) is 76.7 Å². The molecule has 0 atom stereocenters. The lowest BCUT2D eigenvalue weighted by atomic mass is 10.1. The third-order valence-corrected chi connectivity index (χ3v) is 5.14. The highest BCUT2D eigenvalue weighted by Gasteiger charge is 2.28. The van der Waals surface area contributed by atoms with Crippen molar-refractivity contribution in [1.82, 2.24) is 15.4 Å². The van der Waals surface area contributed by atoms with Crippen molar-refractivity contribution >= 4 is 23.5 Å². The van der Waals surface area contributed by atoms with Crippen LogP contribution in [-0.4, -0.2) is 34.4 Å². The lowest BCUT2D eigenvalue weighted by molar-refractivity contribution is -0.125. The molecule has 0 aliphatic carbocycles. The fraction of sp³-hybridized carbons (Fsp3) is 0.217. The summed E-state index contributed by atoms with van der Waals surface area (Å²) >= 11 is 0. The van der Waals surface area contributed by atoms with Crippen LogP contribution in [0.15, 0.2) is 53.1 Å². The Morgan fingerprint density at radius 3 is 2.62 bits per heavy atom. The third kappa shape index (κ3) is 4.61. The van der Waals surface area contributed by atoms with Crippen molar-refractivity contribution in [3.8, 4) is 5.75 Å². The number of aromatic nitrogens is 1. The predicted octanol–water partition coefficient (Wildman–Crippen LogP) is 3.17. The number of hydrogen-bond donors (Lipinski definition) is 2. The number of carbonyl (C=O) groups is 3. The lowest BCUT2D eigenvalue weighted by Gasteiger charge is -2.13. The Morgan fingerprint density at radius 1 is 1.19 bits per heavy atom. The molecule has 32 heavy (non-hydrogen) atoms. The number of hydrogen-bond acceptors (Lipinski definition) is 6. The normalized spacial score (nSPS) is 13.2. The smallest absolute Gasteiger partial charge is 0.324 e. The zero-order valence-electron chi connectivity index (χ0n) is 17.7. The highest BCUT2D eigenvalue weighted by Crippen LogP contribution is 2.19. The van der Waals surface area contributed by atoms with Crippen molar-refractivity contribution in [2.24, 2.45) is 0 Å². The summed E-state index contributed by atoms with van der Waals surface area (Å²) in [6, 6.07) is 13.4. The van der Waals surface area contributed by atoms with Crippen molar-refractivity contribution < 1.29 is 23.6 Å². The molecule has 9 nitrogen and oxygen atoms in total. The van der Waals surface area contributed by atoms with E-state index in [1.807, 2.05) is 13.8 Å². The van der Waals surface area contributed by atoms with Crippen LogP contribution in [0.4, 0.5) is 10.5 Å². The molecule has 0 unspecified atom stereocenters. The first-order valence-corrected chi connectivity index (χ1v) is 10.0. The van der Waals surface area contributed by atoms with Crippen molar-refractivity contribution in [3.63, 3.8) is 0 Å². The van der Waals surface area contributed by atoms with Gasteiger partial charge in [-0.25, -0.2) is 4.79 Å². The topological polar surface area (TPSA) is 114 Å². The van der Waals surface area contributed by atoms with E-state index in [0.717, 1.165) is 27.5 Å². The van der Waals surface area contributed by atoms with Crippen molar-refractivity contribution in [1.29, 1.82) is 0 Å². The minimum Gasteiger partial charge on any atom is -0.489 e. The van der Waals surface area contributed by atoms with Crippen LogP contribution in [0.3, 0.4) is 0 Å². The zero-order chi connectivity index (χ0) is 22.7. The number of rotatable bonds is 7. The molecule has 4 amide bonds. The molecule has 0 bridgehead atoms. The number of nitrogens with zero attached hydrogens (tertiary/aromatic N) is 2. The largest absolute Gasteiger partial charge is 0.489 e. The van der Waals surface area contributed by atoms with Gasteiger partial charge in [-0.2, -0.15) is 0 Å². The van der Waals surface area contributed by atoms with E-state index in [2.05, 4.69) is 15.8 Å². The molecule has 164 valence electrons. The number of amides is 4. The second-order valence-corrected chi connectivity index (χ2v) is 7.41. The second kappa shape index (κ2) is 8.93. The molecule has 1 aliphatic rings. The second-order valence-electron chi connectivity index (χ2n) is 7.41. The Kier molecular flexibility index (Phi) is 5.89. The summed E-state index contributed by atoms with van der Waals surface area (Å²) < 4.78 is 10.9. The van der Waals surface area contributed by atoms with E-state index in [0.29, 0.717) is 23.6 Å². The van der Waals surface area contributed by atoms with Gasteiger partial charge in [-0.15, -0.1) is 0 Å². The molecule has 0 spiro atoms. The predicted molar refractivity (Wildman–Crippen MR) is 115 cm³/mol. The van der Waals surface area contributed by atoms with E-state index in [-0.39, 0.29) is 24.9 Å². The van der Waals surface area contributed by atoms with Crippen molar-refractivity contribution in [2.45, 2.75) is 27.0 Å². The summed E-state index contributed by atoms with van der Waals surface area (Å²) in [6.45, 7) is 4.17. The quantitative estimate of drug-likeness (QED) is 0.552. The van der Waals surface area contributed by atoms with Gasteiger partial charge in [0.2, 0.25) is 5.91 Å². The average molecular weight is 434 g/mol. The maximum Gasteiger partial charge on any atom is 0.324 e. The maximum atomic E-state index is 12.6. The SMILES string of the molecule is Cc1noc(C)c1COc1ccc(C(=O)Nc2cccc(CN3C(=O)CNC3=O)c2)cc1. The van der Waals surface area contributed by atoms with Gasteiger partial charge in [-0.1, -0.05) is 17.3 Å². The lowest BCUT2D eigenvalue weighted by Crippen LogP contribution is -2.30. The van der Waals surface area contributed by atoms with Crippen LogP contribution in [0, 0.1) is 13.8 Å². The Hall–Kier alpha value is -4.14. The first-order chi connectivity index (χ1) is 15.4. The summed E-state index contributed by atoms with van der Waals surface area (Å²) in [7, 11) is 0. The number of urea groups is 1. The van der Waals surface area contributed by atoms with Crippen LogP contribution in [0.5, 0.6) is 5.75 Å². The Labute approximate surface area is 184 Å². The van der Waals surface area contributed by atoms with E-state index in [1.54, 1.807) is 48.5 Å². The first kappa shape index (κ1) is 21.1. The molecule has 4 rings (SSSR count). The fourth-order valence-corrected chi connectivity index (χ4v) is 3.31. The zero-order valence-corrected chi connectivity index (χ0v) is 17.7. The number of carbonyl (C=O) groups excluding carboxylic acids is 3. The van der Waals surface area contributed by atoms with Crippen LogP contribution < -0.4 is 15.4 Å². The van der Waals surface area contributed by atoms with Crippen LogP contribution in [0.2, 0.25) is 0 Å². The van der Waals surface area contributed by atoms with Gasteiger partial charge in [-0.05, 0) is 55.8 Å². The monoisotopic (exact) mass is 434 g/mol. The Balaban J connectivity index is 1.36. The minimum absolute atomic E-state index is 0.00709. The molecule has 1 fully saturated rings. The molecule has 2 heterocycles. The maximum absolute atomic E-state index is 12.6. The van der Waals surface area contributed by atoms with Gasteiger partial charge < -0.3 is 19.9 Å². The van der Waals surface area contributed by atoms with Crippen molar-refractivity contribution in [2.75, 3.05) is 11.9 Å². The molecule has 1 aliphatic heterocycles. The van der Waals surface area contributed by atoms with Crippen LogP contribution in [-0.2, 0) is 17.9 Å². The van der Waals surface area contributed by atoms with E-state index in [9.17, 15) is 14.4 Å². The highest BCUT2D eigenvalue weighted by atomic mass is 16.5. The van der Waals surface area contributed by atoms with E-state index < -0.39 is 6.03 Å². The summed E-state index contributed by atoms with van der Waals surface area (Å²) in [4.78, 5) is 37.2. The van der Waals surface area contributed by atoms with Gasteiger partial charge in [0.25, 0.3) is 5.91 Å². The van der Waals surface area contributed by atoms with Crippen LogP contribution in [0.25, 0.3) is 0 Å². The summed E-state index contributed by atoms with van der Waals surface area (Å²) in [5.41, 5.74) is 3.46. The average Bonchev–Trinajstić information content (AvgIpc) is 3.28. The van der Waals surface area contributed by atoms with Gasteiger partial charge in [-0.3, -0.25) is 14.5 Å². The molecule has 1 aromatic heterocycles. The molecule has 0 radical (unpaired) electrons. The molecule has 0 saturated carbocycles. The Bertz CT molecular complexity index is 1130. The fourth-order valence-electron chi connectivity index (χ4n) is 3.31. The van der Waals surface area contributed by atoms with E-state index >= 15 is 0 Å². The first-order valence-electron chi connectivity index (χ1n) is 10.0. The Morgan fingerprint density at radius 2 is 1.97 bits per heavy atom. The third-order valence-electron chi connectivity index (χ3n) is 5.14.